The van der Waals surface area contributed by atoms with Gasteiger partial charge in [0.05, 0.1) is 17.0 Å². The summed E-state index contributed by atoms with van der Waals surface area (Å²) in [6.45, 7) is 1.40. The zero-order valence-corrected chi connectivity index (χ0v) is 13.5. The molecule has 130 valence electrons. The van der Waals surface area contributed by atoms with E-state index < -0.39 is 11.8 Å². The first-order valence-electron chi connectivity index (χ1n) is 7.65. The Kier molecular flexibility index (Phi) is 5.00. The third kappa shape index (κ3) is 3.51. The van der Waals surface area contributed by atoms with Gasteiger partial charge in [-0.25, -0.2) is 15.2 Å². The van der Waals surface area contributed by atoms with Crippen LogP contribution in [0.5, 0.6) is 0 Å². The molecular formula is C15H18ClFN4O3. The molecule has 1 unspecified atom stereocenters. The highest BCUT2D eigenvalue weighted by Gasteiger charge is 2.42. The van der Waals surface area contributed by atoms with Crippen molar-refractivity contribution >= 4 is 23.5 Å². The molecule has 2 fully saturated rings. The second kappa shape index (κ2) is 7.02. The van der Waals surface area contributed by atoms with E-state index in [1.807, 2.05) is 0 Å². The number of aliphatic carboxylic acids is 1. The molecule has 3 rings (SSSR count). The molecule has 1 amide bonds. The van der Waals surface area contributed by atoms with Gasteiger partial charge in [-0.15, -0.1) is 0 Å². The molecule has 2 aliphatic heterocycles. The second-order valence-electron chi connectivity index (χ2n) is 6.11. The number of carbonyl (C=O) groups excluding carboxylic acids is 1. The van der Waals surface area contributed by atoms with Gasteiger partial charge in [-0.2, -0.15) is 5.53 Å². The van der Waals surface area contributed by atoms with Gasteiger partial charge in [-0.1, -0.05) is 11.6 Å². The topological polar surface area (TPSA) is 93.7 Å². The summed E-state index contributed by atoms with van der Waals surface area (Å²) in [5.74, 6) is -1.88. The number of hydrogen-bond donors (Lipinski definition) is 4. The lowest BCUT2D eigenvalue weighted by Crippen LogP contribution is -2.41. The van der Waals surface area contributed by atoms with E-state index in [0.29, 0.717) is 19.6 Å². The number of carboxylic acid groups (broad SMARTS) is 1. The molecule has 24 heavy (non-hydrogen) atoms. The SMILES string of the molecule is O=C(O)C[C@@H]1CN(C(=O)c2ccc(F)cc2Cl)C[C@@H]1C1CNNN1. The number of amides is 1. The van der Waals surface area contributed by atoms with E-state index in [2.05, 4.69) is 16.4 Å². The van der Waals surface area contributed by atoms with Gasteiger partial charge in [-0.05, 0) is 30.0 Å². The van der Waals surface area contributed by atoms with Gasteiger partial charge in [0.15, 0.2) is 0 Å². The van der Waals surface area contributed by atoms with Gasteiger partial charge in [0, 0.05) is 25.7 Å². The lowest BCUT2D eigenvalue weighted by molar-refractivity contribution is -0.138. The number of carboxylic acids is 1. The van der Waals surface area contributed by atoms with Crippen molar-refractivity contribution in [3.63, 3.8) is 0 Å². The molecule has 9 heteroatoms. The minimum Gasteiger partial charge on any atom is -0.481 e. The summed E-state index contributed by atoms with van der Waals surface area (Å²) in [7, 11) is 0. The molecule has 0 aromatic heterocycles. The maximum atomic E-state index is 13.2. The predicted molar refractivity (Wildman–Crippen MR) is 84.6 cm³/mol. The number of hydrogen-bond acceptors (Lipinski definition) is 5. The highest BCUT2D eigenvalue weighted by Crippen LogP contribution is 2.31. The average Bonchev–Trinajstić information content (AvgIpc) is 3.15. The summed E-state index contributed by atoms with van der Waals surface area (Å²) < 4.78 is 13.2. The number of nitrogens with zero attached hydrogens (tertiary/aromatic N) is 1. The van der Waals surface area contributed by atoms with Crippen LogP contribution in [0.2, 0.25) is 5.02 Å². The first kappa shape index (κ1) is 17.1. The zero-order valence-electron chi connectivity index (χ0n) is 12.8. The molecule has 0 radical (unpaired) electrons. The van der Waals surface area contributed by atoms with Crippen LogP contribution in [0.4, 0.5) is 4.39 Å². The Morgan fingerprint density at radius 2 is 2.17 bits per heavy atom. The molecule has 1 aromatic carbocycles. The average molecular weight is 357 g/mol. The van der Waals surface area contributed by atoms with Crippen molar-refractivity contribution in [2.75, 3.05) is 19.6 Å². The van der Waals surface area contributed by atoms with E-state index >= 15 is 0 Å². The number of halogens is 2. The van der Waals surface area contributed by atoms with Crippen molar-refractivity contribution in [1.29, 1.82) is 0 Å². The number of nitrogens with one attached hydrogen (secondary N) is 3. The smallest absolute Gasteiger partial charge is 0.303 e. The van der Waals surface area contributed by atoms with Crippen LogP contribution >= 0.6 is 11.6 Å². The molecular weight excluding hydrogens is 339 g/mol. The Balaban J connectivity index is 1.78. The van der Waals surface area contributed by atoms with Crippen LogP contribution < -0.4 is 16.4 Å². The molecule has 2 aliphatic rings. The van der Waals surface area contributed by atoms with Crippen LogP contribution in [-0.2, 0) is 4.79 Å². The minimum atomic E-state index is -0.891. The number of likely N-dealkylation sites (tertiary alicyclic amines) is 1. The zero-order chi connectivity index (χ0) is 17.3. The first-order chi connectivity index (χ1) is 11.5. The van der Waals surface area contributed by atoms with E-state index in [9.17, 15) is 14.0 Å². The van der Waals surface area contributed by atoms with Crippen LogP contribution in [0.1, 0.15) is 16.8 Å². The molecule has 2 saturated heterocycles. The molecule has 0 spiro atoms. The van der Waals surface area contributed by atoms with Crippen molar-refractivity contribution in [3.8, 4) is 0 Å². The fraction of sp³-hybridized carbons (Fsp3) is 0.467. The summed E-state index contributed by atoms with van der Waals surface area (Å²) >= 11 is 5.97. The van der Waals surface area contributed by atoms with Crippen LogP contribution in [0.3, 0.4) is 0 Å². The Labute approximate surface area is 143 Å². The Bertz CT molecular complexity index is 654. The number of carbonyl (C=O) groups is 2. The lowest BCUT2D eigenvalue weighted by Gasteiger charge is -2.22. The third-order valence-corrected chi connectivity index (χ3v) is 4.87. The maximum absolute atomic E-state index is 13.2. The molecule has 0 bridgehead atoms. The highest BCUT2D eigenvalue weighted by molar-refractivity contribution is 6.33. The lowest BCUT2D eigenvalue weighted by atomic mass is 9.87. The fourth-order valence-corrected chi connectivity index (χ4v) is 3.65. The third-order valence-electron chi connectivity index (χ3n) is 4.56. The number of benzene rings is 1. The second-order valence-corrected chi connectivity index (χ2v) is 6.52. The highest BCUT2D eigenvalue weighted by atomic mass is 35.5. The molecule has 0 saturated carbocycles. The van der Waals surface area contributed by atoms with Gasteiger partial charge < -0.3 is 10.0 Å². The molecule has 7 nitrogen and oxygen atoms in total. The van der Waals surface area contributed by atoms with E-state index in [-0.39, 0.29) is 40.8 Å². The number of hydrazine groups is 2. The van der Waals surface area contributed by atoms with Crippen LogP contribution in [0, 0.1) is 17.7 Å². The van der Waals surface area contributed by atoms with Gasteiger partial charge in [-0.3, -0.25) is 9.59 Å². The molecule has 4 N–H and O–H groups in total. The standard InChI is InChI=1S/C15H18ClFN4O3/c16-12-4-9(17)1-2-10(12)15(24)21-6-8(3-14(22)23)11(7-21)13-5-18-20-19-13/h1-2,4,8,11,13,18-20H,3,5-7H2,(H,22,23)/t8-,11+,13?/m1/s1. The van der Waals surface area contributed by atoms with E-state index in [0.717, 1.165) is 6.07 Å². The van der Waals surface area contributed by atoms with Crippen molar-refractivity contribution in [3.05, 3.63) is 34.6 Å². The summed E-state index contributed by atoms with van der Waals surface area (Å²) in [6, 6.07) is 3.67. The largest absolute Gasteiger partial charge is 0.481 e. The van der Waals surface area contributed by atoms with Crippen LogP contribution in [0.15, 0.2) is 18.2 Å². The van der Waals surface area contributed by atoms with Crippen LogP contribution in [0.25, 0.3) is 0 Å². The molecule has 1 aromatic rings. The maximum Gasteiger partial charge on any atom is 0.303 e. The van der Waals surface area contributed by atoms with Crippen molar-refractivity contribution in [2.24, 2.45) is 11.8 Å². The number of rotatable bonds is 4. The van der Waals surface area contributed by atoms with Gasteiger partial charge in [0.1, 0.15) is 5.82 Å². The van der Waals surface area contributed by atoms with Gasteiger partial charge >= 0.3 is 5.97 Å². The van der Waals surface area contributed by atoms with Gasteiger partial charge in [0.2, 0.25) is 0 Å². The minimum absolute atomic E-state index is 0.00762. The fourth-order valence-electron chi connectivity index (χ4n) is 3.41. The van der Waals surface area contributed by atoms with E-state index in [1.165, 1.54) is 12.1 Å². The van der Waals surface area contributed by atoms with Crippen molar-refractivity contribution < 1.29 is 19.1 Å². The summed E-state index contributed by atoms with van der Waals surface area (Å²) in [5.41, 5.74) is 9.02. The summed E-state index contributed by atoms with van der Waals surface area (Å²) in [6.07, 6.45) is -0.0101. The monoisotopic (exact) mass is 356 g/mol. The Morgan fingerprint density at radius 3 is 2.79 bits per heavy atom. The summed E-state index contributed by atoms with van der Waals surface area (Å²) in [4.78, 5) is 25.4. The van der Waals surface area contributed by atoms with Crippen molar-refractivity contribution in [1.82, 2.24) is 21.3 Å². The van der Waals surface area contributed by atoms with Crippen LogP contribution in [-0.4, -0.2) is 47.6 Å². The van der Waals surface area contributed by atoms with Crippen molar-refractivity contribution in [2.45, 2.75) is 12.5 Å². The van der Waals surface area contributed by atoms with E-state index in [1.54, 1.807) is 4.90 Å². The van der Waals surface area contributed by atoms with E-state index in [4.69, 9.17) is 16.7 Å². The summed E-state index contributed by atoms with van der Waals surface area (Å²) in [5, 5.41) is 9.19. The first-order valence-corrected chi connectivity index (χ1v) is 8.03. The molecule has 2 heterocycles. The van der Waals surface area contributed by atoms with Gasteiger partial charge in [0.25, 0.3) is 5.91 Å². The Morgan fingerprint density at radius 1 is 1.38 bits per heavy atom. The predicted octanol–water partition coefficient (Wildman–Crippen LogP) is 0.623. The normalized spacial score (nSPS) is 26.8. The molecule has 0 aliphatic carbocycles. The molecule has 3 atom stereocenters. The Hall–Kier alpha value is -1.74. The quantitative estimate of drug-likeness (QED) is 0.632.